The van der Waals surface area contributed by atoms with E-state index in [1.165, 1.54) is 6.07 Å². The summed E-state index contributed by atoms with van der Waals surface area (Å²) in [6, 6.07) is 20.1. The van der Waals surface area contributed by atoms with Crippen LogP contribution in [0.2, 0.25) is 0 Å². The van der Waals surface area contributed by atoms with Gasteiger partial charge in [-0.2, -0.15) is 0 Å². The molecule has 0 bridgehead atoms. The average Bonchev–Trinajstić information content (AvgIpc) is 2.70. The van der Waals surface area contributed by atoms with E-state index in [9.17, 15) is 9.67 Å². The molecule has 3 aromatic carbocycles. The monoisotopic (exact) mass is 370 g/mol. The van der Waals surface area contributed by atoms with Crippen molar-refractivity contribution in [3.8, 4) is 23.0 Å². The summed E-state index contributed by atoms with van der Waals surface area (Å²) in [6.45, 7) is 0. The third-order valence-electron chi connectivity index (χ3n) is 3.92. The van der Waals surface area contributed by atoms with E-state index in [2.05, 4.69) is 0 Å². The molecule has 0 unspecified atom stereocenters. The van der Waals surface area contributed by atoms with Gasteiger partial charge in [-0.3, -0.25) is 4.57 Å². The normalized spacial score (nSPS) is 11.0. The van der Waals surface area contributed by atoms with Crippen LogP contribution < -0.4 is 24.6 Å². The SMILES string of the molecule is COc1ccc(P(=O)(Oc2ccccc2O)c2ccc(OC)cc2)cc1. The first kappa shape index (κ1) is 17.9. The van der Waals surface area contributed by atoms with Crippen molar-refractivity contribution in [2.45, 2.75) is 0 Å². The van der Waals surface area contributed by atoms with Gasteiger partial charge in [-0.25, -0.2) is 0 Å². The average molecular weight is 370 g/mol. The van der Waals surface area contributed by atoms with E-state index in [0.29, 0.717) is 22.1 Å². The molecule has 0 saturated carbocycles. The number of phenolic OH excluding ortho intramolecular Hbond substituents is 1. The Morgan fingerprint density at radius 3 is 1.62 bits per heavy atom. The summed E-state index contributed by atoms with van der Waals surface area (Å²) in [5, 5.41) is 11.0. The van der Waals surface area contributed by atoms with Gasteiger partial charge >= 0.3 is 7.37 Å². The molecule has 0 saturated heterocycles. The van der Waals surface area contributed by atoms with E-state index in [1.807, 2.05) is 0 Å². The van der Waals surface area contributed by atoms with Gasteiger partial charge in [0.2, 0.25) is 0 Å². The number of aromatic hydroxyl groups is 1. The summed E-state index contributed by atoms with van der Waals surface area (Å²) in [7, 11) is -0.373. The van der Waals surface area contributed by atoms with E-state index >= 15 is 0 Å². The van der Waals surface area contributed by atoms with E-state index in [0.717, 1.165) is 0 Å². The number of rotatable bonds is 6. The first-order chi connectivity index (χ1) is 12.6. The maximum absolute atomic E-state index is 13.9. The summed E-state index contributed by atoms with van der Waals surface area (Å²) in [4.78, 5) is 0. The number of para-hydroxylation sites is 2. The molecule has 5 nitrogen and oxygen atoms in total. The molecule has 1 N–H and O–H groups in total. The lowest BCUT2D eigenvalue weighted by Crippen LogP contribution is -2.20. The molecule has 3 aromatic rings. The standard InChI is InChI=1S/C20H19O5P/c1-23-15-7-11-17(12-8-15)26(22,18-13-9-16(24-2)10-14-18)25-20-6-4-3-5-19(20)21/h3-14,21H,1-2H3. The minimum atomic E-state index is -3.50. The zero-order chi connectivity index (χ0) is 18.6. The third kappa shape index (κ3) is 3.53. The fourth-order valence-corrected chi connectivity index (χ4v) is 4.51. The van der Waals surface area contributed by atoms with Crippen LogP contribution >= 0.6 is 7.37 Å². The summed E-state index contributed by atoms with van der Waals surface area (Å²) < 4.78 is 30.1. The van der Waals surface area contributed by atoms with Gasteiger partial charge in [0.05, 0.1) is 24.8 Å². The first-order valence-electron chi connectivity index (χ1n) is 7.93. The van der Waals surface area contributed by atoms with Crippen LogP contribution in [0.3, 0.4) is 0 Å². The van der Waals surface area contributed by atoms with Gasteiger partial charge in [-0.15, -0.1) is 0 Å². The molecule has 0 aliphatic heterocycles. The number of ether oxygens (including phenoxy) is 2. The Morgan fingerprint density at radius 1 is 0.731 bits per heavy atom. The predicted octanol–water partition coefficient (Wildman–Crippen LogP) is 3.72. The zero-order valence-electron chi connectivity index (χ0n) is 14.5. The highest BCUT2D eigenvalue weighted by Crippen LogP contribution is 2.47. The fraction of sp³-hybridized carbons (Fsp3) is 0.100. The molecule has 0 aliphatic carbocycles. The number of hydrogen-bond acceptors (Lipinski definition) is 5. The Balaban J connectivity index is 2.10. The smallest absolute Gasteiger partial charge is 0.306 e. The Labute approximate surface area is 152 Å². The predicted molar refractivity (Wildman–Crippen MR) is 102 cm³/mol. The molecule has 0 aromatic heterocycles. The molecule has 134 valence electrons. The largest absolute Gasteiger partial charge is 0.504 e. The van der Waals surface area contributed by atoms with Gasteiger partial charge in [0.15, 0.2) is 11.5 Å². The van der Waals surface area contributed by atoms with Gasteiger partial charge in [0, 0.05) is 0 Å². The number of methoxy groups -OCH3 is 2. The van der Waals surface area contributed by atoms with Crippen molar-refractivity contribution < 1.29 is 23.7 Å². The van der Waals surface area contributed by atoms with Crippen molar-refractivity contribution in [2.24, 2.45) is 0 Å². The van der Waals surface area contributed by atoms with Crippen molar-refractivity contribution in [1.82, 2.24) is 0 Å². The Morgan fingerprint density at radius 2 is 1.19 bits per heavy atom. The molecule has 0 spiro atoms. The van der Waals surface area contributed by atoms with Crippen LogP contribution in [-0.4, -0.2) is 19.3 Å². The molecule has 3 rings (SSSR count). The minimum Gasteiger partial charge on any atom is -0.504 e. The Hall–Kier alpha value is -2.91. The molecule has 0 radical (unpaired) electrons. The van der Waals surface area contributed by atoms with Gasteiger partial charge in [0.25, 0.3) is 0 Å². The molecule has 0 heterocycles. The van der Waals surface area contributed by atoms with Crippen molar-refractivity contribution >= 4 is 18.0 Å². The second-order valence-electron chi connectivity index (χ2n) is 5.51. The number of benzene rings is 3. The highest BCUT2D eigenvalue weighted by atomic mass is 31.2. The summed E-state index contributed by atoms with van der Waals surface area (Å²) in [5.74, 6) is 1.38. The van der Waals surface area contributed by atoms with Crippen molar-refractivity contribution in [3.63, 3.8) is 0 Å². The Bertz CT molecular complexity index is 868. The molecule has 0 fully saturated rings. The summed E-state index contributed by atoms with van der Waals surface area (Å²) >= 11 is 0. The second kappa shape index (κ2) is 7.54. The highest BCUT2D eigenvalue weighted by molar-refractivity contribution is 7.74. The van der Waals surface area contributed by atoms with Gasteiger partial charge in [-0.05, 0) is 60.7 Å². The topological polar surface area (TPSA) is 65.0 Å². The van der Waals surface area contributed by atoms with E-state index in [1.54, 1.807) is 80.9 Å². The fourth-order valence-electron chi connectivity index (χ4n) is 2.48. The van der Waals surface area contributed by atoms with Crippen LogP contribution in [0.5, 0.6) is 23.0 Å². The number of phenols is 1. The maximum Gasteiger partial charge on any atom is 0.306 e. The van der Waals surface area contributed by atoms with Crippen LogP contribution in [0.15, 0.2) is 72.8 Å². The van der Waals surface area contributed by atoms with E-state index in [-0.39, 0.29) is 11.5 Å². The second-order valence-corrected chi connectivity index (χ2v) is 7.82. The van der Waals surface area contributed by atoms with E-state index < -0.39 is 7.37 Å². The lowest BCUT2D eigenvalue weighted by molar-refractivity contribution is 0.415. The van der Waals surface area contributed by atoms with Crippen LogP contribution in [0.25, 0.3) is 0 Å². The third-order valence-corrected chi connectivity index (χ3v) is 6.33. The molecular weight excluding hydrogens is 351 g/mol. The maximum atomic E-state index is 13.9. The van der Waals surface area contributed by atoms with Gasteiger partial charge in [0.1, 0.15) is 11.5 Å². The van der Waals surface area contributed by atoms with Crippen LogP contribution in [0.1, 0.15) is 0 Å². The van der Waals surface area contributed by atoms with Crippen molar-refractivity contribution in [3.05, 3.63) is 72.8 Å². The Kier molecular flexibility index (Phi) is 5.19. The lowest BCUT2D eigenvalue weighted by Gasteiger charge is -2.21. The van der Waals surface area contributed by atoms with Crippen LogP contribution in [-0.2, 0) is 4.57 Å². The highest BCUT2D eigenvalue weighted by Gasteiger charge is 2.31. The molecule has 0 aliphatic rings. The molecule has 6 heteroatoms. The lowest BCUT2D eigenvalue weighted by atomic mass is 10.3. The van der Waals surface area contributed by atoms with Crippen LogP contribution in [0, 0.1) is 0 Å². The summed E-state index contributed by atoms with van der Waals surface area (Å²) in [5.41, 5.74) is 0. The minimum absolute atomic E-state index is 0.0743. The van der Waals surface area contributed by atoms with Crippen LogP contribution in [0.4, 0.5) is 0 Å². The van der Waals surface area contributed by atoms with Crippen molar-refractivity contribution in [1.29, 1.82) is 0 Å². The quantitative estimate of drug-likeness (QED) is 0.670. The van der Waals surface area contributed by atoms with E-state index in [4.69, 9.17) is 14.0 Å². The summed E-state index contributed by atoms with van der Waals surface area (Å²) in [6.07, 6.45) is 0. The molecule has 26 heavy (non-hydrogen) atoms. The van der Waals surface area contributed by atoms with Gasteiger partial charge in [-0.1, -0.05) is 12.1 Å². The molecule has 0 amide bonds. The molecular formula is C20H19O5P. The zero-order valence-corrected chi connectivity index (χ0v) is 15.4. The van der Waals surface area contributed by atoms with Gasteiger partial charge < -0.3 is 19.1 Å². The first-order valence-corrected chi connectivity index (χ1v) is 9.56. The van der Waals surface area contributed by atoms with Crippen molar-refractivity contribution in [2.75, 3.05) is 14.2 Å². The molecule has 0 atom stereocenters. The number of hydrogen-bond donors (Lipinski definition) is 1.